The van der Waals surface area contributed by atoms with Crippen molar-refractivity contribution in [1.29, 1.82) is 0 Å². The highest BCUT2D eigenvalue weighted by Gasteiger charge is 2.45. The number of thiophene rings is 1. The monoisotopic (exact) mass is 516 g/mol. The van der Waals surface area contributed by atoms with Gasteiger partial charge >= 0.3 is 0 Å². The molecule has 1 aromatic carbocycles. The number of carbonyl (C=O) groups is 2. The standard InChI is InChI=1S/C24H25BrN2O4S/c1-4-26(5-2)9-10-27-20(23-14(3)8-11-32-23)19(22(29)24(27)30)21(28)18-13-15-12-16(25)6-7-17(15)31-18/h6-8,11-13,20,29H,4-5,9-10H2,1-3H3. The number of aliphatic hydroxyl groups excluding tert-OH is 1. The van der Waals surface area contributed by atoms with E-state index in [4.69, 9.17) is 4.42 Å². The van der Waals surface area contributed by atoms with E-state index in [2.05, 4.69) is 34.7 Å². The van der Waals surface area contributed by atoms with E-state index in [1.54, 1.807) is 17.0 Å². The van der Waals surface area contributed by atoms with Crippen LogP contribution in [0.5, 0.6) is 0 Å². The zero-order chi connectivity index (χ0) is 23.0. The highest BCUT2D eigenvalue weighted by Crippen LogP contribution is 2.42. The zero-order valence-electron chi connectivity index (χ0n) is 18.2. The lowest BCUT2D eigenvalue weighted by atomic mass is 9.98. The Morgan fingerprint density at radius 1 is 1.25 bits per heavy atom. The largest absolute Gasteiger partial charge is 0.503 e. The van der Waals surface area contributed by atoms with Crippen molar-refractivity contribution in [1.82, 2.24) is 9.80 Å². The highest BCUT2D eigenvalue weighted by atomic mass is 79.9. The summed E-state index contributed by atoms with van der Waals surface area (Å²) >= 11 is 4.91. The second kappa shape index (κ2) is 9.21. The lowest BCUT2D eigenvalue weighted by molar-refractivity contribution is -0.129. The number of amides is 1. The number of fused-ring (bicyclic) bond motifs is 1. The van der Waals surface area contributed by atoms with E-state index in [1.165, 1.54) is 11.3 Å². The first-order chi connectivity index (χ1) is 15.3. The third-order valence-electron chi connectivity index (χ3n) is 5.95. The van der Waals surface area contributed by atoms with Crippen molar-refractivity contribution < 1.29 is 19.1 Å². The number of rotatable bonds is 8. The van der Waals surface area contributed by atoms with Crippen LogP contribution in [0.1, 0.15) is 40.9 Å². The molecule has 3 aromatic rings. The van der Waals surface area contributed by atoms with Gasteiger partial charge in [0.2, 0.25) is 5.78 Å². The molecule has 1 N–H and O–H groups in total. The average molecular weight is 517 g/mol. The molecule has 3 heterocycles. The summed E-state index contributed by atoms with van der Waals surface area (Å²) in [4.78, 5) is 31.3. The lowest BCUT2D eigenvalue weighted by Crippen LogP contribution is -2.38. The van der Waals surface area contributed by atoms with Gasteiger partial charge in [-0.25, -0.2) is 0 Å². The normalized spacial score (nSPS) is 16.7. The molecule has 168 valence electrons. The third kappa shape index (κ3) is 4.02. The van der Waals surface area contributed by atoms with Crippen LogP contribution in [0.4, 0.5) is 0 Å². The zero-order valence-corrected chi connectivity index (χ0v) is 20.6. The predicted molar refractivity (Wildman–Crippen MR) is 129 cm³/mol. The van der Waals surface area contributed by atoms with E-state index < -0.39 is 23.5 Å². The maximum atomic E-state index is 13.6. The number of likely N-dealkylation sites (N-methyl/N-ethyl adjacent to an activating group) is 1. The summed E-state index contributed by atoms with van der Waals surface area (Å²) in [6, 6.07) is 8.46. The minimum Gasteiger partial charge on any atom is -0.503 e. The van der Waals surface area contributed by atoms with Crippen LogP contribution in [0.3, 0.4) is 0 Å². The van der Waals surface area contributed by atoms with E-state index >= 15 is 0 Å². The number of aliphatic hydroxyl groups is 1. The van der Waals surface area contributed by atoms with E-state index in [9.17, 15) is 14.7 Å². The van der Waals surface area contributed by atoms with Gasteiger partial charge in [0, 0.05) is 27.8 Å². The van der Waals surface area contributed by atoms with Crippen LogP contribution in [0.15, 0.2) is 55.9 Å². The van der Waals surface area contributed by atoms with Gasteiger partial charge in [0.25, 0.3) is 5.91 Å². The van der Waals surface area contributed by atoms with Crippen molar-refractivity contribution in [3.63, 3.8) is 0 Å². The molecule has 1 unspecified atom stereocenters. The molecule has 0 radical (unpaired) electrons. The summed E-state index contributed by atoms with van der Waals surface area (Å²) in [5, 5.41) is 13.5. The summed E-state index contributed by atoms with van der Waals surface area (Å²) in [5.41, 5.74) is 1.63. The SMILES string of the molecule is CCN(CC)CCN1C(=O)C(O)=C(C(=O)c2cc3cc(Br)ccc3o2)C1c1sccc1C. The van der Waals surface area contributed by atoms with Crippen LogP contribution < -0.4 is 0 Å². The Hall–Kier alpha value is -2.42. The number of hydrogen-bond donors (Lipinski definition) is 1. The maximum absolute atomic E-state index is 13.6. The molecule has 4 rings (SSSR count). The minimum atomic E-state index is -0.634. The topological polar surface area (TPSA) is 74.0 Å². The maximum Gasteiger partial charge on any atom is 0.290 e. The van der Waals surface area contributed by atoms with Gasteiger partial charge in [0.05, 0.1) is 5.57 Å². The van der Waals surface area contributed by atoms with Crippen LogP contribution >= 0.6 is 27.3 Å². The molecular formula is C24H25BrN2O4S. The molecule has 0 aliphatic carbocycles. The van der Waals surface area contributed by atoms with Crippen molar-refractivity contribution in [2.75, 3.05) is 26.2 Å². The molecule has 1 aliphatic rings. The van der Waals surface area contributed by atoms with Gasteiger partial charge in [-0.15, -0.1) is 11.3 Å². The van der Waals surface area contributed by atoms with Crippen molar-refractivity contribution >= 4 is 49.9 Å². The number of halogens is 1. The average Bonchev–Trinajstić information content (AvgIpc) is 3.45. The fourth-order valence-electron chi connectivity index (χ4n) is 4.10. The van der Waals surface area contributed by atoms with Crippen LogP contribution in [-0.2, 0) is 4.79 Å². The fourth-order valence-corrected chi connectivity index (χ4v) is 5.53. The van der Waals surface area contributed by atoms with Gasteiger partial charge in [-0.1, -0.05) is 29.8 Å². The molecular weight excluding hydrogens is 492 g/mol. The van der Waals surface area contributed by atoms with Gasteiger partial charge in [0.15, 0.2) is 11.5 Å². The number of aryl methyl sites for hydroxylation is 1. The lowest BCUT2D eigenvalue weighted by Gasteiger charge is -2.28. The molecule has 6 nitrogen and oxygen atoms in total. The molecule has 8 heteroatoms. The first-order valence-corrected chi connectivity index (χ1v) is 12.3. The summed E-state index contributed by atoms with van der Waals surface area (Å²) in [6.45, 7) is 8.89. The van der Waals surface area contributed by atoms with Crippen LogP contribution in [0.2, 0.25) is 0 Å². The van der Waals surface area contributed by atoms with Crippen LogP contribution in [0.25, 0.3) is 11.0 Å². The van der Waals surface area contributed by atoms with Crippen molar-refractivity contribution in [3.8, 4) is 0 Å². The number of benzene rings is 1. The number of Topliss-reactive ketones (excluding diaryl/α,β-unsaturated/α-hetero) is 1. The Kier molecular flexibility index (Phi) is 6.55. The van der Waals surface area contributed by atoms with E-state index in [1.807, 2.05) is 30.5 Å². The van der Waals surface area contributed by atoms with E-state index in [0.717, 1.165) is 33.4 Å². The third-order valence-corrected chi connectivity index (χ3v) is 7.52. The van der Waals surface area contributed by atoms with Crippen molar-refractivity contribution in [2.24, 2.45) is 0 Å². The highest BCUT2D eigenvalue weighted by molar-refractivity contribution is 9.10. The molecule has 0 saturated carbocycles. The molecule has 0 fully saturated rings. The summed E-state index contributed by atoms with van der Waals surface area (Å²) in [7, 11) is 0. The van der Waals surface area contributed by atoms with Crippen LogP contribution in [-0.4, -0.2) is 52.8 Å². The van der Waals surface area contributed by atoms with Gasteiger partial charge in [-0.05, 0) is 61.3 Å². The summed E-state index contributed by atoms with van der Waals surface area (Å²) < 4.78 is 6.67. The Morgan fingerprint density at radius 2 is 2.00 bits per heavy atom. The van der Waals surface area contributed by atoms with Crippen LogP contribution in [0, 0.1) is 6.92 Å². The Balaban J connectivity index is 1.74. The van der Waals surface area contributed by atoms with E-state index in [0.29, 0.717) is 18.7 Å². The second-order valence-corrected chi connectivity index (χ2v) is 9.64. The summed E-state index contributed by atoms with van der Waals surface area (Å²) in [5.74, 6) is -1.37. The molecule has 32 heavy (non-hydrogen) atoms. The van der Waals surface area contributed by atoms with Gasteiger partial charge in [-0.2, -0.15) is 0 Å². The number of carbonyl (C=O) groups excluding carboxylic acids is 2. The molecule has 0 saturated heterocycles. The number of ketones is 1. The van der Waals surface area contributed by atoms with Crippen molar-refractivity contribution in [3.05, 3.63) is 67.7 Å². The van der Waals surface area contributed by atoms with Gasteiger partial charge in [-0.3, -0.25) is 9.59 Å². The Morgan fingerprint density at radius 3 is 2.66 bits per heavy atom. The molecule has 1 amide bonds. The smallest absolute Gasteiger partial charge is 0.290 e. The van der Waals surface area contributed by atoms with Crippen molar-refractivity contribution in [2.45, 2.75) is 26.8 Å². The number of furan rings is 1. The number of hydrogen-bond acceptors (Lipinski definition) is 6. The van der Waals surface area contributed by atoms with Gasteiger partial charge < -0.3 is 19.3 Å². The second-order valence-electron chi connectivity index (χ2n) is 7.78. The number of nitrogens with zero attached hydrogens (tertiary/aromatic N) is 2. The Labute approximate surface area is 199 Å². The Bertz CT molecular complexity index is 1210. The molecule has 0 spiro atoms. The fraction of sp³-hybridized carbons (Fsp3) is 0.333. The quantitative estimate of drug-likeness (QED) is 0.401. The minimum absolute atomic E-state index is 0.0817. The summed E-state index contributed by atoms with van der Waals surface area (Å²) in [6.07, 6.45) is 0. The molecule has 0 bridgehead atoms. The predicted octanol–water partition coefficient (Wildman–Crippen LogP) is 5.49. The molecule has 2 aromatic heterocycles. The van der Waals surface area contributed by atoms with E-state index in [-0.39, 0.29) is 11.3 Å². The first kappa shape index (κ1) is 22.8. The molecule has 1 atom stereocenters. The first-order valence-electron chi connectivity index (χ1n) is 10.6. The molecule has 1 aliphatic heterocycles. The van der Waals surface area contributed by atoms with Gasteiger partial charge in [0.1, 0.15) is 11.6 Å².